The lowest BCUT2D eigenvalue weighted by Crippen LogP contribution is -2.06. The first kappa shape index (κ1) is 15.9. The summed E-state index contributed by atoms with van der Waals surface area (Å²) in [6, 6.07) is 16.7. The molecule has 0 saturated heterocycles. The minimum absolute atomic E-state index is 0.505. The van der Waals surface area contributed by atoms with Gasteiger partial charge in [0.25, 0.3) is 0 Å². The molecule has 0 atom stereocenters. The summed E-state index contributed by atoms with van der Waals surface area (Å²) in [5.74, 6) is 1.17. The SMILES string of the molecule is CCc1ccc(Nc2cnnc(NCc3ccc(C)cc3)n2)cc1. The number of aryl methyl sites for hydroxylation is 2. The van der Waals surface area contributed by atoms with Gasteiger partial charge in [-0.1, -0.05) is 48.9 Å². The molecule has 0 aliphatic carbocycles. The van der Waals surface area contributed by atoms with Crippen LogP contribution >= 0.6 is 0 Å². The average molecular weight is 319 g/mol. The number of rotatable bonds is 6. The second-order valence-corrected chi connectivity index (χ2v) is 5.68. The molecule has 2 aromatic carbocycles. The lowest BCUT2D eigenvalue weighted by atomic mass is 10.1. The molecule has 122 valence electrons. The molecular weight excluding hydrogens is 298 g/mol. The normalized spacial score (nSPS) is 10.4. The topological polar surface area (TPSA) is 62.7 Å². The maximum atomic E-state index is 4.45. The fraction of sp³-hybridized carbons (Fsp3) is 0.211. The van der Waals surface area contributed by atoms with E-state index in [9.17, 15) is 0 Å². The number of aromatic nitrogens is 3. The molecule has 24 heavy (non-hydrogen) atoms. The zero-order chi connectivity index (χ0) is 16.8. The van der Waals surface area contributed by atoms with Crippen LogP contribution in [-0.4, -0.2) is 15.2 Å². The maximum absolute atomic E-state index is 4.45. The van der Waals surface area contributed by atoms with E-state index in [0.29, 0.717) is 18.3 Å². The third kappa shape index (κ3) is 4.29. The molecule has 0 saturated carbocycles. The van der Waals surface area contributed by atoms with Crippen LogP contribution in [0.4, 0.5) is 17.5 Å². The van der Waals surface area contributed by atoms with Gasteiger partial charge in [-0.3, -0.25) is 0 Å². The van der Waals surface area contributed by atoms with Gasteiger partial charge in [0.15, 0.2) is 5.82 Å². The molecule has 2 N–H and O–H groups in total. The van der Waals surface area contributed by atoms with E-state index in [-0.39, 0.29) is 0 Å². The van der Waals surface area contributed by atoms with Crippen LogP contribution in [0.5, 0.6) is 0 Å². The fourth-order valence-electron chi connectivity index (χ4n) is 2.30. The van der Waals surface area contributed by atoms with Crippen molar-refractivity contribution in [3.05, 3.63) is 71.4 Å². The van der Waals surface area contributed by atoms with Gasteiger partial charge < -0.3 is 10.6 Å². The Hall–Kier alpha value is -2.95. The van der Waals surface area contributed by atoms with E-state index in [1.54, 1.807) is 6.20 Å². The molecule has 0 unspecified atom stereocenters. The van der Waals surface area contributed by atoms with Gasteiger partial charge >= 0.3 is 0 Å². The smallest absolute Gasteiger partial charge is 0.244 e. The molecule has 3 aromatic rings. The fourth-order valence-corrected chi connectivity index (χ4v) is 2.30. The molecule has 5 heteroatoms. The highest BCUT2D eigenvalue weighted by atomic mass is 15.3. The van der Waals surface area contributed by atoms with Crippen molar-refractivity contribution in [2.45, 2.75) is 26.8 Å². The van der Waals surface area contributed by atoms with Crippen molar-refractivity contribution in [2.75, 3.05) is 10.6 Å². The first-order chi connectivity index (χ1) is 11.7. The Bertz CT molecular complexity index is 782. The van der Waals surface area contributed by atoms with E-state index in [0.717, 1.165) is 12.1 Å². The maximum Gasteiger partial charge on any atom is 0.244 e. The van der Waals surface area contributed by atoms with Crippen molar-refractivity contribution in [3.63, 3.8) is 0 Å². The van der Waals surface area contributed by atoms with Gasteiger partial charge in [-0.2, -0.15) is 10.1 Å². The third-order valence-electron chi connectivity index (χ3n) is 3.76. The molecule has 0 amide bonds. The van der Waals surface area contributed by atoms with E-state index < -0.39 is 0 Å². The van der Waals surface area contributed by atoms with E-state index in [2.05, 4.69) is 76.1 Å². The monoisotopic (exact) mass is 319 g/mol. The van der Waals surface area contributed by atoms with Crippen molar-refractivity contribution in [1.82, 2.24) is 15.2 Å². The highest BCUT2D eigenvalue weighted by molar-refractivity contribution is 5.56. The van der Waals surface area contributed by atoms with Crippen LogP contribution in [0.1, 0.15) is 23.6 Å². The van der Waals surface area contributed by atoms with Crippen LogP contribution < -0.4 is 10.6 Å². The number of anilines is 3. The molecule has 5 nitrogen and oxygen atoms in total. The standard InChI is InChI=1S/C19H21N5/c1-3-15-8-10-17(11-9-15)22-18-13-21-24-19(23-18)20-12-16-6-4-14(2)5-7-16/h4-11,13H,3,12H2,1-2H3,(H2,20,22,23,24). The van der Waals surface area contributed by atoms with Crippen LogP contribution in [0, 0.1) is 6.92 Å². The Morgan fingerprint density at radius 3 is 2.33 bits per heavy atom. The molecule has 0 aliphatic heterocycles. The van der Waals surface area contributed by atoms with Gasteiger partial charge in [-0.15, -0.1) is 5.10 Å². The minimum atomic E-state index is 0.505. The van der Waals surface area contributed by atoms with Crippen LogP contribution in [0.2, 0.25) is 0 Å². The second-order valence-electron chi connectivity index (χ2n) is 5.68. The summed E-state index contributed by atoms with van der Waals surface area (Å²) in [5, 5.41) is 14.5. The van der Waals surface area contributed by atoms with Crippen LogP contribution in [0.3, 0.4) is 0 Å². The van der Waals surface area contributed by atoms with Gasteiger partial charge in [-0.25, -0.2) is 0 Å². The minimum Gasteiger partial charge on any atom is -0.349 e. The summed E-state index contributed by atoms with van der Waals surface area (Å²) < 4.78 is 0. The van der Waals surface area contributed by atoms with Gasteiger partial charge in [0.1, 0.15) is 0 Å². The Morgan fingerprint density at radius 1 is 0.917 bits per heavy atom. The zero-order valence-electron chi connectivity index (χ0n) is 14.0. The van der Waals surface area contributed by atoms with Gasteiger partial charge in [0.2, 0.25) is 5.95 Å². The lowest BCUT2D eigenvalue weighted by molar-refractivity contribution is 0.948. The molecular formula is C19H21N5. The van der Waals surface area contributed by atoms with Crippen LogP contribution in [0.25, 0.3) is 0 Å². The van der Waals surface area contributed by atoms with Crippen LogP contribution in [0.15, 0.2) is 54.7 Å². The molecule has 0 fully saturated rings. The van der Waals surface area contributed by atoms with E-state index in [4.69, 9.17) is 0 Å². The zero-order valence-corrected chi connectivity index (χ0v) is 14.0. The van der Waals surface area contributed by atoms with Gasteiger partial charge in [-0.05, 0) is 36.6 Å². The van der Waals surface area contributed by atoms with E-state index in [1.165, 1.54) is 16.7 Å². The Labute approximate surface area is 142 Å². The average Bonchev–Trinajstić information content (AvgIpc) is 2.62. The van der Waals surface area contributed by atoms with E-state index in [1.807, 2.05) is 12.1 Å². The van der Waals surface area contributed by atoms with Crippen molar-refractivity contribution >= 4 is 17.5 Å². The molecule has 1 heterocycles. The molecule has 0 aliphatic rings. The van der Waals surface area contributed by atoms with Gasteiger partial charge in [0.05, 0.1) is 6.20 Å². The molecule has 1 aromatic heterocycles. The summed E-state index contributed by atoms with van der Waals surface area (Å²) in [7, 11) is 0. The number of nitrogens with one attached hydrogen (secondary N) is 2. The number of hydrogen-bond donors (Lipinski definition) is 2. The first-order valence-corrected chi connectivity index (χ1v) is 8.08. The van der Waals surface area contributed by atoms with Crippen molar-refractivity contribution in [2.24, 2.45) is 0 Å². The summed E-state index contributed by atoms with van der Waals surface area (Å²) >= 11 is 0. The molecule has 0 bridgehead atoms. The summed E-state index contributed by atoms with van der Waals surface area (Å²) in [4.78, 5) is 4.45. The molecule has 0 radical (unpaired) electrons. The predicted molar refractivity (Wildman–Crippen MR) is 97.4 cm³/mol. The Morgan fingerprint density at radius 2 is 1.62 bits per heavy atom. The van der Waals surface area contributed by atoms with Crippen molar-refractivity contribution < 1.29 is 0 Å². The highest BCUT2D eigenvalue weighted by Gasteiger charge is 2.02. The lowest BCUT2D eigenvalue weighted by Gasteiger charge is -2.08. The van der Waals surface area contributed by atoms with Gasteiger partial charge in [0, 0.05) is 12.2 Å². The Kier molecular flexibility index (Phi) is 5.01. The Balaban J connectivity index is 1.63. The summed E-state index contributed by atoms with van der Waals surface area (Å²) in [6.07, 6.45) is 2.65. The first-order valence-electron chi connectivity index (χ1n) is 8.08. The summed E-state index contributed by atoms with van der Waals surface area (Å²) in [6.45, 7) is 4.88. The van der Waals surface area contributed by atoms with Crippen molar-refractivity contribution in [1.29, 1.82) is 0 Å². The number of benzene rings is 2. The van der Waals surface area contributed by atoms with Crippen LogP contribution in [-0.2, 0) is 13.0 Å². The quantitative estimate of drug-likeness (QED) is 0.716. The number of hydrogen-bond acceptors (Lipinski definition) is 5. The van der Waals surface area contributed by atoms with Crippen molar-refractivity contribution in [3.8, 4) is 0 Å². The third-order valence-corrected chi connectivity index (χ3v) is 3.76. The van der Waals surface area contributed by atoms with E-state index >= 15 is 0 Å². The highest BCUT2D eigenvalue weighted by Crippen LogP contribution is 2.16. The summed E-state index contributed by atoms with van der Waals surface area (Å²) in [5.41, 5.74) is 4.72. The molecule has 0 spiro atoms. The molecule has 3 rings (SSSR count). The second kappa shape index (κ2) is 7.55. The predicted octanol–water partition coefficient (Wildman–Crippen LogP) is 4.10. The largest absolute Gasteiger partial charge is 0.349 e. The number of nitrogens with zero attached hydrogens (tertiary/aromatic N) is 3.